The first-order valence-corrected chi connectivity index (χ1v) is 23.5. The molecule has 0 spiro atoms. The predicted molar refractivity (Wildman–Crippen MR) is 225 cm³/mol. The molecule has 7 rings (SSSR count). The van der Waals surface area contributed by atoms with Gasteiger partial charge in [0.25, 0.3) is 0 Å². The van der Waals surface area contributed by atoms with Crippen LogP contribution in [0.2, 0.25) is 0 Å². The van der Waals surface area contributed by atoms with Crippen molar-refractivity contribution >= 4 is 0 Å². The normalized spacial score (nSPS) is 46.7. The molecule has 0 bridgehead atoms. The van der Waals surface area contributed by atoms with Crippen LogP contribution >= 0.6 is 0 Å². The highest BCUT2D eigenvalue weighted by molar-refractivity contribution is 5.34. The molecular weight excluding hydrogens is 785 g/mol. The van der Waals surface area contributed by atoms with Crippen LogP contribution in [0.25, 0.3) is 0 Å². The van der Waals surface area contributed by atoms with Crippen molar-refractivity contribution < 1.29 is 64.2 Å². The summed E-state index contributed by atoms with van der Waals surface area (Å²) in [5.74, 6) is 4.74. The van der Waals surface area contributed by atoms with Gasteiger partial charge in [-0.05, 0) is 100 Å². The molecule has 3 saturated carbocycles. The van der Waals surface area contributed by atoms with Crippen molar-refractivity contribution in [2.75, 3.05) is 19.8 Å². The minimum absolute atomic E-state index is 0.00987. The SMILES string of the molecule is C#C[C@@]12CCC(CCC[C@@H](O[C@H]3C[C@@H](O)C[C@@H](CO[C@H]4O[C@H](CO)[C@@H](O)C[C@H]4O)O3)C(C)(C)O)[C@@]1(C)CC[C@@]1(C)C3CC[C@H](O[C@H]4C[C@@H](O)C[C@@H](CO)O4)C(C)(C)C3=CCC12. The largest absolute Gasteiger partial charge is 0.394 e. The lowest BCUT2D eigenvalue weighted by molar-refractivity contribution is -0.296. The quantitative estimate of drug-likeness (QED) is 0.0955. The minimum Gasteiger partial charge on any atom is -0.394 e. The first-order chi connectivity index (χ1) is 28.8. The van der Waals surface area contributed by atoms with Crippen LogP contribution in [0.4, 0.5) is 0 Å². The van der Waals surface area contributed by atoms with Gasteiger partial charge in [0.2, 0.25) is 0 Å². The number of rotatable bonds is 14. The molecule has 0 radical (unpaired) electrons. The van der Waals surface area contributed by atoms with Gasteiger partial charge < -0.3 is 64.2 Å². The first kappa shape index (κ1) is 47.7. The van der Waals surface area contributed by atoms with Crippen LogP contribution in [0, 0.1) is 51.8 Å². The predicted octanol–water partition coefficient (Wildman–Crippen LogP) is 4.49. The lowest BCUT2D eigenvalue weighted by Crippen LogP contribution is -2.59. The third-order valence-electron chi connectivity index (χ3n) is 17.1. The van der Waals surface area contributed by atoms with E-state index in [1.165, 1.54) is 5.57 Å². The lowest BCUT2D eigenvalue weighted by Gasteiger charge is -2.65. The summed E-state index contributed by atoms with van der Waals surface area (Å²) in [5, 5.41) is 72.3. The second-order valence-electron chi connectivity index (χ2n) is 21.6. The van der Waals surface area contributed by atoms with E-state index in [4.69, 9.17) is 34.8 Å². The number of hydrogen-bond donors (Lipinski definition) is 7. The van der Waals surface area contributed by atoms with Crippen LogP contribution < -0.4 is 0 Å². The van der Waals surface area contributed by atoms with Crippen molar-refractivity contribution in [2.45, 2.75) is 217 Å². The van der Waals surface area contributed by atoms with E-state index in [0.717, 1.165) is 57.8 Å². The fourth-order valence-corrected chi connectivity index (χ4v) is 13.5. The highest BCUT2D eigenvalue weighted by Crippen LogP contribution is 2.74. The summed E-state index contributed by atoms with van der Waals surface area (Å²) in [6.45, 7) is 12.6. The molecule has 0 aromatic heterocycles. The zero-order valence-electron chi connectivity index (χ0n) is 37.6. The molecule has 6 fully saturated rings. The van der Waals surface area contributed by atoms with Gasteiger partial charge in [0.1, 0.15) is 12.2 Å². The molecule has 7 aliphatic rings. The molecule has 7 N–H and O–H groups in total. The van der Waals surface area contributed by atoms with Crippen molar-refractivity contribution in [1.82, 2.24) is 0 Å². The number of aliphatic hydroxyl groups excluding tert-OH is 6. The van der Waals surface area contributed by atoms with E-state index in [-0.39, 0.29) is 53.8 Å². The van der Waals surface area contributed by atoms with Gasteiger partial charge in [-0.15, -0.1) is 6.42 Å². The van der Waals surface area contributed by atoms with Crippen molar-refractivity contribution in [2.24, 2.45) is 39.4 Å². The second-order valence-corrected chi connectivity index (χ2v) is 21.6. The fraction of sp³-hybridized carbons (Fsp3) is 0.917. The second kappa shape index (κ2) is 18.6. The Kier molecular flexibility index (Phi) is 14.5. The molecule has 0 aromatic rings. The van der Waals surface area contributed by atoms with Crippen LogP contribution in [0.3, 0.4) is 0 Å². The molecule has 13 heteroatoms. The summed E-state index contributed by atoms with van der Waals surface area (Å²) < 4.78 is 36.7. The number of aliphatic hydroxyl groups is 7. The monoisotopic (exact) mass is 863 g/mol. The fourth-order valence-electron chi connectivity index (χ4n) is 13.5. The smallest absolute Gasteiger partial charge is 0.184 e. The zero-order chi connectivity index (χ0) is 44.1. The molecule has 18 atom stereocenters. The summed E-state index contributed by atoms with van der Waals surface area (Å²) in [7, 11) is 0. The Balaban J connectivity index is 0.968. The number of allylic oxidation sites excluding steroid dienone is 1. The van der Waals surface area contributed by atoms with Gasteiger partial charge in [-0.1, -0.05) is 51.7 Å². The van der Waals surface area contributed by atoms with Gasteiger partial charge in [0.05, 0.1) is 68.1 Å². The Morgan fingerprint density at radius 3 is 2.25 bits per heavy atom. The Labute approximate surface area is 363 Å². The average molecular weight is 863 g/mol. The van der Waals surface area contributed by atoms with Gasteiger partial charge in [-0.2, -0.15) is 0 Å². The molecule has 3 heterocycles. The van der Waals surface area contributed by atoms with Crippen molar-refractivity contribution in [1.29, 1.82) is 0 Å². The first-order valence-electron chi connectivity index (χ1n) is 23.5. The highest BCUT2D eigenvalue weighted by Gasteiger charge is 2.68. The maximum atomic E-state index is 11.3. The summed E-state index contributed by atoms with van der Waals surface area (Å²) >= 11 is 0. The van der Waals surface area contributed by atoms with Crippen LogP contribution in [0.5, 0.6) is 0 Å². The van der Waals surface area contributed by atoms with Crippen LogP contribution in [-0.2, 0) is 28.4 Å². The number of ether oxygens (including phenoxy) is 6. The molecule has 0 aromatic carbocycles. The Morgan fingerprint density at radius 1 is 0.852 bits per heavy atom. The molecule has 13 nitrogen and oxygen atoms in total. The van der Waals surface area contributed by atoms with Gasteiger partial charge in [0.15, 0.2) is 18.9 Å². The third kappa shape index (κ3) is 9.30. The van der Waals surface area contributed by atoms with Gasteiger partial charge in [0, 0.05) is 42.9 Å². The number of terminal acetylenes is 1. The summed E-state index contributed by atoms with van der Waals surface area (Å²) in [6.07, 6.45) is 12.2. The molecule has 0 amide bonds. The van der Waals surface area contributed by atoms with Crippen LogP contribution in [-0.4, -0.2) is 135 Å². The van der Waals surface area contributed by atoms with E-state index in [1.54, 1.807) is 13.8 Å². The summed E-state index contributed by atoms with van der Waals surface area (Å²) in [6, 6.07) is 0. The average Bonchev–Trinajstić information content (AvgIpc) is 3.49. The minimum atomic E-state index is -1.16. The molecular formula is C48H78O13. The van der Waals surface area contributed by atoms with E-state index in [2.05, 4.69) is 39.7 Å². The molecule has 348 valence electrons. The topological polar surface area (TPSA) is 197 Å². The van der Waals surface area contributed by atoms with Crippen molar-refractivity contribution in [3.8, 4) is 12.3 Å². The maximum Gasteiger partial charge on any atom is 0.184 e. The Morgan fingerprint density at radius 2 is 1.56 bits per heavy atom. The van der Waals surface area contributed by atoms with Gasteiger partial charge in [-0.25, -0.2) is 0 Å². The number of fused-ring (bicyclic) bond motifs is 5. The van der Waals surface area contributed by atoms with Gasteiger partial charge in [-0.3, -0.25) is 0 Å². The van der Waals surface area contributed by atoms with Crippen molar-refractivity contribution in [3.63, 3.8) is 0 Å². The molecule has 3 saturated heterocycles. The van der Waals surface area contributed by atoms with Crippen LogP contribution in [0.1, 0.15) is 138 Å². The third-order valence-corrected chi connectivity index (χ3v) is 17.1. The van der Waals surface area contributed by atoms with E-state index in [0.29, 0.717) is 43.4 Å². The zero-order valence-corrected chi connectivity index (χ0v) is 37.6. The Hall–Kier alpha value is -1.22. The number of hydrogen-bond acceptors (Lipinski definition) is 13. The van der Waals surface area contributed by atoms with Crippen LogP contribution in [0.15, 0.2) is 11.6 Å². The standard InChI is InChI=1S/C48H78O13/c1-8-48-17-16-28(10-9-11-40(45(4,5)55)61-42-23-30(52)21-32(58-42)27-56-43-36(54)24-35(53)37(26-50)59-43)47(48,7)19-18-46(6)34-13-15-39(44(2,3)33(34)12-14-38(46)48)60-41-22-29(51)20-31(25-49)57-41/h1,12,28-32,34-43,49-55H,9-11,13-27H2,2-7H3/t28?,29-,30-,31-,32-,34?,35-,36+,37+,38?,39-,40+,41-,42-,43-,46-,47+,48-/m0/s1. The lowest BCUT2D eigenvalue weighted by atomic mass is 9.39. The Bertz CT molecular complexity index is 1560. The van der Waals surface area contributed by atoms with Crippen molar-refractivity contribution in [3.05, 3.63) is 11.6 Å². The maximum absolute atomic E-state index is 11.3. The van der Waals surface area contributed by atoms with E-state index in [1.807, 2.05) is 0 Å². The molecule has 4 aliphatic carbocycles. The summed E-state index contributed by atoms with van der Waals surface area (Å²) in [5.41, 5.74) is -0.0746. The molecule has 61 heavy (non-hydrogen) atoms. The van der Waals surface area contributed by atoms with E-state index >= 15 is 0 Å². The highest BCUT2D eigenvalue weighted by atomic mass is 16.7. The van der Waals surface area contributed by atoms with E-state index in [9.17, 15) is 35.7 Å². The molecule has 3 aliphatic heterocycles. The van der Waals surface area contributed by atoms with E-state index < -0.39 is 79.9 Å². The van der Waals surface area contributed by atoms with Gasteiger partial charge >= 0.3 is 0 Å². The molecule has 3 unspecified atom stereocenters. The summed E-state index contributed by atoms with van der Waals surface area (Å²) in [4.78, 5) is 0.